The molecule has 0 bridgehead atoms. The zero-order valence-corrected chi connectivity index (χ0v) is 10.6. The number of hydrogen-bond donors (Lipinski definition) is 3. The minimum Gasteiger partial charge on any atom is -0.356 e. The van der Waals surface area contributed by atoms with Gasteiger partial charge in [0.05, 0.1) is 0 Å². The number of carbonyl (C=O) groups is 2. The average molecular weight is 250 g/mol. The van der Waals surface area contributed by atoms with Crippen molar-refractivity contribution in [3.05, 3.63) is 35.4 Å². The molecule has 0 heterocycles. The molecule has 1 aromatic rings. The summed E-state index contributed by atoms with van der Waals surface area (Å²) in [6.45, 7) is 4.26. The molecule has 0 aliphatic rings. The largest absolute Gasteiger partial charge is 0.356 e. The van der Waals surface area contributed by atoms with Crippen molar-refractivity contribution in [3.63, 3.8) is 0 Å². The lowest BCUT2D eigenvalue weighted by molar-refractivity contribution is -0.123. The molecule has 3 N–H and O–H groups in total. The van der Waals surface area contributed by atoms with Gasteiger partial charge in [-0.2, -0.15) is 0 Å². The maximum absolute atomic E-state index is 11.3. The fourth-order valence-electron chi connectivity index (χ4n) is 1.42. The van der Waals surface area contributed by atoms with Crippen molar-refractivity contribution < 1.29 is 14.8 Å². The zero-order valence-electron chi connectivity index (χ0n) is 10.6. The van der Waals surface area contributed by atoms with Crippen LogP contribution in [0.5, 0.6) is 0 Å². The van der Waals surface area contributed by atoms with E-state index in [-0.39, 0.29) is 11.8 Å². The quantitative estimate of drug-likeness (QED) is 0.541. The fourth-order valence-corrected chi connectivity index (χ4v) is 1.42. The molecule has 0 saturated carbocycles. The van der Waals surface area contributed by atoms with Crippen LogP contribution in [-0.4, -0.2) is 23.6 Å². The number of benzene rings is 1. The molecule has 0 aliphatic carbocycles. The third-order valence-electron chi connectivity index (χ3n) is 2.55. The van der Waals surface area contributed by atoms with E-state index in [0.29, 0.717) is 18.5 Å². The number of carbonyl (C=O) groups excluding carboxylic acids is 2. The second-order valence-corrected chi connectivity index (χ2v) is 4.33. The summed E-state index contributed by atoms with van der Waals surface area (Å²) >= 11 is 0. The first-order valence-electron chi connectivity index (χ1n) is 5.85. The molecule has 0 radical (unpaired) electrons. The van der Waals surface area contributed by atoms with Crippen LogP contribution in [0.2, 0.25) is 0 Å². The van der Waals surface area contributed by atoms with Gasteiger partial charge in [-0.1, -0.05) is 26.0 Å². The summed E-state index contributed by atoms with van der Waals surface area (Å²) in [5, 5.41) is 11.3. The Morgan fingerprint density at radius 1 is 1.22 bits per heavy atom. The van der Waals surface area contributed by atoms with Gasteiger partial charge >= 0.3 is 0 Å². The Kier molecular flexibility index (Phi) is 5.32. The van der Waals surface area contributed by atoms with E-state index in [1.807, 2.05) is 13.8 Å². The second-order valence-electron chi connectivity index (χ2n) is 4.33. The molecule has 0 atom stereocenters. The Bertz CT molecular complexity index is 413. The highest BCUT2D eigenvalue weighted by Gasteiger charge is 2.06. The highest BCUT2D eigenvalue weighted by Crippen LogP contribution is 2.05. The van der Waals surface area contributed by atoms with Gasteiger partial charge in [0, 0.05) is 18.0 Å². The Hall–Kier alpha value is -1.88. The minimum absolute atomic E-state index is 0.0133. The summed E-state index contributed by atoms with van der Waals surface area (Å²) in [5.41, 5.74) is 2.99. The van der Waals surface area contributed by atoms with Crippen molar-refractivity contribution in [2.45, 2.75) is 20.3 Å². The molecular formula is C13H18N2O3. The molecule has 2 amide bonds. The predicted molar refractivity (Wildman–Crippen MR) is 67.2 cm³/mol. The lowest BCUT2D eigenvalue weighted by atomic mass is 10.1. The van der Waals surface area contributed by atoms with Gasteiger partial charge in [-0.3, -0.25) is 14.8 Å². The summed E-state index contributed by atoms with van der Waals surface area (Å²) in [6, 6.07) is 6.86. The third-order valence-corrected chi connectivity index (χ3v) is 2.55. The number of rotatable bonds is 5. The first-order valence-corrected chi connectivity index (χ1v) is 5.85. The molecule has 0 unspecified atom stereocenters. The highest BCUT2D eigenvalue weighted by molar-refractivity contribution is 5.93. The molecule has 18 heavy (non-hydrogen) atoms. The van der Waals surface area contributed by atoms with Crippen molar-refractivity contribution in [2.24, 2.45) is 5.92 Å². The van der Waals surface area contributed by atoms with Crippen LogP contribution < -0.4 is 10.8 Å². The van der Waals surface area contributed by atoms with Gasteiger partial charge in [-0.25, -0.2) is 5.48 Å². The molecule has 5 heteroatoms. The summed E-state index contributed by atoms with van der Waals surface area (Å²) in [6.07, 6.45) is 0.708. The van der Waals surface area contributed by atoms with Crippen molar-refractivity contribution in [1.82, 2.24) is 10.8 Å². The van der Waals surface area contributed by atoms with E-state index in [0.717, 1.165) is 5.56 Å². The second kappa shape index (κ2) is 6.76. The minimum atomic E-state index is -0.533. The van der Waals surface area contributed by atoms with Gasteiger partial charge in [-0.05, 0) is 24.1 Å². The fraction of sp³-hybridized carbons (Fsp3) is 0.385. The molecule has 0 saturated heterocycles. The van der Waals surface area contributed by atoms with Gasteiger partial charge in [0.1, 0.15) is 0 Å². The van der Waals surface area contributed by atoms with E-state index in [9.17, 15) is 9.59 Å². The van der Waals surface area contributed by atoms with Crippen LogP contribution in [-0.2, 0) is 11.2 Å². The van der Waals surface area contributed by atoms with Gasteiger partial charge in [0.2, 0.25) is 5.91 Å². The number of nitrogens with one attached hydrogen (secondary N) is 2. The average Bonchev–Trinajstić information content (AvgIpc) is 2.38. The van der Waals surface area contributed by atoms with E-state index in [1.54, 1.807) is 29.7 Å². The van der Waals surface area contributed by atoms with Crippen LogP contribution >= 0.6 is 0 Å². The topological polar surface area (TPSA) is 78.4 Å². The van der Waals surface area contributed by atoms with Crippen LogP contribution in [0.4, 0.5) is 0 Å². The number of amides is 2. The van der Waals surface area contributed by atoms with Crippen molar-refractivity contribution >= 4 is 11.8 Å². The smallest absolute Gasteiger partial charge is 0.274 e. The normalized spacial score (nSPS) is 10.2. The van der Waals surface area contributed by atoms with E-state index >= 15 is 0 Å². The van der Waals surface area contributed by atoms with Gasteiger partial charge in [0.25, 0.3) is 5.91 Å². The summed E-state index contributed by atoms with van der Waals surface area (Å²) in [4.78, 5) is 22.4. The maximum atomic E-state index is 11.3. The third kappa shape index (κ3) is 4.18. The lowest BCUT2D eigenvalue weighted by Crippen LogP contribution is -2.29. The zero-order chi connectivity index (χ0) is 13.5. The first-order chi connectivity index (χ1) is 8.54. The predicted octanol–water partition coefficient (Wildman–Crippen LogP) is 1.12. The Balaban J connectivity index is 2.45. The molecule has 1 rings (SSSR count). The molecular weight excluding hydrogens is 232 g/mol. The SMILES string of the molecule is CC(C)C(=O)NCCc1ccc(C(=O)NO)cc1. The van der Waals surface area contributed by atoms with Crippen LogP contribution in [0, 0.1) is 5.92 Å². The molecule has 0 aromatic heterocycles. The monoisotopic (exact) mass is 250 g/mol. The molecule has 0 spiro atoms. The van der Waals surface area contributed by atoms with Crippen molar-refractivity contribution in [2.75, 3.05) is 6.54 Å². The van der Waals surface area contributed by atoms with E-state index in [4.69, 9.17) is 5.21 Å². The first kappa shape index (κ1) is 14.2. The Morgan fingerprint density at radius 3 is 2.33 bits per heavy atom. The Morgan fingerprint density at radius 2 is 1.83 bits per heavy atom. The van der Waals surface area contributed by atoms with Crippen molar-refractivity contribution in [3.8, 4) is 0 Å². The number of hydrogen-bond acceptors (Lipinski definition) is 3. The molecule has 5 nitrogen and oxygen atoms in total. The number of hydroxylamine groups is 1. The van der Waals surface area contributed by atoms with Crippen LogP contribution in [0.25, 0.3) is 0 Å². The Labute approximate surface area is 106 Å². The molecule has 0 aliphatic heterocycles. The summed E-state index contributed by atoms with van der Waals surface area (Å²) < 4.78 is 0. The van der Waals surface area contributed by atoms with Crippen LogP contribution in [0.3, 0.4) is 0 Å². The standard InChI is InChI=1S/C13H18N2O3/c1-9(2)12(16)14-8-7-10-3-5-11(6-4-10)13(17)15-18/h3-6,9,18H,7-8H2,1-2H3,(H,14,16)(H,15,17). The molecule has 98 valence electrons. The van der Waals surface area contributed by atoms with Crippen molar-refractivity contribution in [1.29, 1.82) is 0 Å². The maximum Gasteiger partial charge on any atom is 0.274 e. The van der Waals surface area contributed by atoms with Gasteiger partial charge < -0.3 is 5.32 Å². The van der Waals surface area contributed by atoms with Crippen LogP contribution in [0.15, 0.2) is 24.3 Å². The highest BCUT2D eigenvalue weighted by atomic mass is 16.5. The molecule has 1 aromatic carbocycles. The summed E-state index contributed by atoms with van der Waals surface area (Å²) in [5.74, 6) is -0.512. The molecule has 0 fully saturated rings. The van der Waals surface area contributed by atoms with E-state index in [1.165, 1.54) is 0 Å². The van der Waals surface area contributed by atoms with Gasteiger partial charge in [-0.15, -0.1) is 0 Å². The lowest BCUT2D eigenvalue weighted by Gasteiger charge is -2.07. The summed E-state index contributed by atoms with van der Waals surface area (Å²) in [7, 11) is 0. The van der Waals surface area contributed by atoms with Gasteiger partial charge in [0.15, 0.2) is 0 Å². The van der Waals surface area contributed by atoms with Crippen LogP contribution in [0.1, 0.15) is 29.8 Å². The van der Waals surface area contributed by atoms with E-state index < -0.39 is 5.91 Å². The van der Waals surface area contributed by atoms with E-state index in [2.05, 4.69) is 5.32 Å².